The Hall–Kier alpha value is -3.07. The van der Waals surface area contributed by atoms with Gasteiger partial charge in [0, 0.05) is 17.5 Å². The molecule has 1 heterocycles. The van der Waals surface area contributed by atoms with E-state index < -0.39 is 11.7 Å². The first-order chi connectivity index (χ1) is 14.3. The number of hydrogen-bond acceptors (Lipinski definition) is 5. The van der Waals surface area contributed by atoms with Crippen molar-refractivity contribution in [2.45, 2.75) is 19.1 Å². The third kappa shape index (κ3) is 5.29. The molecule has 5 nitrogen and oxygen atoms in total. The van der Waals surface area contributed by atoms with E-state index in [9.17, 15) is 18.0 Å². The van der Waals surface area contributed by atoms with E-state index in [-0.39, 0.29) is 18.9 Å². The summed E-state index contributed by atoms with van der Waals surface area (Å²) in [5, 5.41) is 5.12. The number of nitrogens with zero attached hydrogens (tertiary/aromatic N) is 1. The quantitative estimate of drug-likeness (QED) is 0.583. The van der Waals surface area contributed by atoms with Gasteiger partial charge in [-0.05, 0) is 35.9 Å². The molecule has 0 fully saturated rings. The van der Waals surface area contributed by atoms with Gasteiger partial charge in [-0.15, -0.1) is 11.3 Å². The van der Waals surface area contributed by atoms with Crippen LogP contribution in [0.25, 0.3) is 10.6 Å². The van der Waals surface area contributed by atoms with E-state index in [1.54, 1.807) is 31.7 Å². The average molecular weight is 436 g/mol. The van der Waals surface area contributed by atoms with E-state index in [0.717, 1.165) is 22.7 Å². The lowest BCUT2D eigenvalue weighted by Gasteiger charge is -2.09. The Kier molecular flexibility index (Phi) is 6.61. The maximum Gasteiger partial charge on any atom is 0.416 e. The molecular formula is C21H19F3N2O3S. The normalized spacial score (nSPS) is 11.2. The molecule has 0 atom stereocenters. The second-order valence-electron chi connectivity index (χ2n) is 6.37. The molecule has 0 saturated carbocycles. The summed E-state index contributed by atoms with van der Waals surface area (Å²) >= 11 is 1.38. The number of halogens is 3. The third-order valence-corrected chi connectivity index (χ3v) is 5.21. The maximum absolute atomic E-state index is 12.8. The first-order valence-corrected chi connectivity index (χ1v) is 9.77. The van der Waals surface area contributed by atoms with Gasteiger partial charge in [-0.3, -0.25) is 4.79 Å². The molecule has 1 aromatic heterocycles. The number of methoxy groups -OCH3 is 2. The molecule has 0 aliphatic carbocycles. The molecule has 0 radical (unpaired) electrons. The summed E-state index contributed by atoms with van der Waals surface area (Å²) in [6.45, 7) is 0.00935. The Morgan fingerprint density at radius 1 is 1.10 bits per heavy atom. The van der Waals surface area contributed by atoms with Crippen molar-refractivity contribution >= 4 is 17.2 Å². The summed E-state index contributed by atoms with van der Waals surface area (Å²) in [7, 11) is 3.10. The van der Waals surface area contributed by atoms with Gasteiger partial charge < -0.3 is 14.8 Å². The molecule has 0 saturated heterocycles. The molecule has 2 aromatic carbocycles. The molecule has 0 unspecified atom stereocenters. The van der Waals surface area contributed by atoms with Crippen LogP contribution in [-0.4, -0.2) is 25.1 Å². The van der Waals surface area contributed by atoms with E-state index in [0.29, 0.717) is 22.8 Å². The summed E-state index contributed by atoms with van der Waals surface area (Å²) in [6, 6.07) is 10.3. The monoisotopic (exact) mass is 436 g/mol. The maximum atomic E-state index is 12.8. The molecular weight excluding hydrogens is 417 g/mol. The summed E-state index contributed by atoms with van der Waals surface area (Å²) in [5.74, 6) is 0.856. The fourth-order valence-corrected chi connectivity index (χ4v) is 3.59. The number of alkyl halides is 3. The molecule has 0 aliphatic heterocycles. The van der Waals surface area contributed by atoms with Crippen molar-refractivity contribution < 1.29 is 27.4 Å². The van der Waals surface area contributed by atoms with Gasteiger partial charge in [0.1, 0.15) is 5.01 Å². The van der Waals surface area contributed by atoms with E-state index in [2.05, 4.69) is 10.3 Å². The zero-order valence-electron chi connectivity index (χ0n) is 16.2. The minimum atomic E-state index is -4.42. The largest absolute Gasteiger partial charge is 0.493 e. The number of ether oxygens (including phenoxy) is 2. The van der Waals surface area contributed by atoms with E-state index in [1.165, 1.54) is 23.5 Å². The Morgan fingerprint density at radius 3 is 2.57 bits per heavy atom. The molecule has 0 aliphatic rings. The fourth-order valence-electron chi connectivity index (χ4n) is 2.78. The van der Waals surface area contributed by atoms with Crippen LogP contribution >= 0.6 is 11.3 Å². The number of amides is 1. The van der Waals surface area contributed by atoms with Crippen molar-refractivity contribution in [1.29, 1.82) is 0 Å². The van der Waals surface area contributed by atoms with Crippen molar-refractivity contribution in [3.63, 3.8) is 0 Å². The lowest BCUT2D eigenvalue weighted by molar-refractivity contribution is -0.137. The van der Waals surface area contributed by atoms with Gasteiger partial charge in [-0.1, -0.05) is 12.1 Å². The molecule has 0 spiro atoms. The summed E-state index contributed by atoms with van der Waals surface area (Å²) in [6.07, 6.45) is -4.39. The van der Waals surface area contributed by atoms with Gasteiger partial charge in [0.25, 0.3) is 0 Å². The van der Waals surface area contributed by atoms with E-state index >= 15 is 0 Å². The zero-order chi connectivity index (χ0) is 21.7. The van der Waals surface area contributed by atoms with Crippen LogP contribution in [0.1, 0.15) is 16.8 Å². The third-order valence-electron chi connectivity index (χ3n) is 4.27. The smallest absolute Gasteiger partial charge is 0.416 e. The van der Waals surface area contributed by atoms with Crippen molar-refractivity contribution in [3.8, 4) is 22.1 Å². The Labute approximate surface area is 175 Å². The Bertz CT molecular complexity index is 1030. The molecule has 3 rings (SSSR count). The highest BCUT2D eigenvalue weighted by Crippen LogP contribution is 2.33. The van der Waals surface area contributed by atoms with E-state index in [1.807, 2.05) is 6.07 Å². The van der Waals surface area contributed by atoms with Crippen molar-refractivity contribution in [2.24, 2.45) is 0 Å². The first-order valence-electron chi connectivity index (χ1n) is 8.90. The highest BCUT2D eigenvalue weighted by Gasteiger charge is 2.30. The van der Waals surface area contributed by atoms with Crippen molar-refractivity contribution in [3.05, 3.63) is 64.7 Å². The molecule has 158 valence electrons. The van der Waals surface area contributed by atoms with Gasteiger partial charge in [0.15, 0.2) is 11.5 Å². The highest BCUT2D eigenvalue weighted by molar-refractivity contribution is 7.13. The number of nitrogens with one attached hydrogen (secondary N) is 1. The second-order valence-corrected chi connectivity index (χ2v) is 7.22. The van der Waals surface area contributed by atoms with Gasteiger partial charge >= 0.3 is 6.18 Å². The average Bonchev–Trinajstić information content (AvgIpc) is 3.19. The lowest BCUT2D eigenvalue weighted by Crippen LogP contribution is -2.24. The summed E-state index contributed by atoms with van der Waals surface area (Å²) in [5.41, 5.74) is 1.04. The van der Waals surface area contributed by atoms with Crippen LogP contribution in [0.2, 0.25) is 0 Å². The van der Waals surface area contributed by atoms with Gasteiger partial charge in [0.05, 0.1) is 31.9 Å². The predicted molar refractivity (Wildman–Crippen MR) is 108 cm³/mol. The number of benzene rings is 2. The fraction of sp³-hybridized carbons (Fsp3) is 0.238. The molecule has 3 aromatic rings. The second kappa shape index (κ2) is 9.17. The van der Waals surface area contributed by atoms with Gasteiger partial charge in [-0.2, -0.15) is 13.2 Å². The molecule has 1 N–H and O–H groups in total. The van der Waals surface area contributed by atoms with Crippen LogP contribution in [0.5, 0.6) is 11.5 Å². The minimum absolute atomic E-state index is 0.00935. The van der Waals surface area contributed by atoms with Crippen molar-refractivity contribution in [2.75, 3.05) is 14.2 Å². The lowest BCUT2D eigenvalue weighted by atomic mass is 10.1. The van der Waals surface area contributed by atoms with Crippen molar-refractivity contribution in [1.82, 2.24) is 10.3 Å². The van der Waals surface area contributed by atoms with Crippen LogP contribution in [0.4, 0.5) is 13.2 Å². The number of hydrogen-bond donors (Lipinski definition) is 1. The first kappa shape index (κ1) is 21.6. The topological polar surface area (TPSA) is 60.5 Å². The van der Waals surface area contributed by atoms with E-state index in [4.69, 9.17) is 9.47 Å². The zero-order valence-corrected chi connectivity index (χ0v) is 17.1. The van der Waals surface area contributed by atoms with Crippen LogP contribution in [0.15, 0.2) is 47.8 Å². The SMILES string of the molecule is COc1ccc(-c2nc(CC(=O)NCc3cccc(C(F)(F)F)c3)cs2)cc1OC. The predicted octanol–water partition coefficient (Wildman–Crippen LogP) is 4.71. The summed E-state index contributed by atoms with van der Waals surface area (Å²) < 4.78 is 48.8. The summed E-state index contributed by atoms with van der Waals surface area (Å²) in [4.78, 5) is 16.7. The van der Waals surface area contributed by atoms with Gasteiger partial charge in [-0.25, -0.2) is 4.98 Å². The molecule has 1 amide bonds. The highest BCUT2D eigenvalue weighted by atomic mass is 32.1. The van der Waals surface area contributed by atoms with Crippen LogP contribution in [0, 0.1) is 0 Å². The minimum Gasteiger partial charge on any atom is -0.493 e. The Balaban J connectivity index is 1.62. The van der Waals surface area contributed by atoms with Gasteiger partial charge in [0.2, 0.25) is 5.91 Å². The van der Waals surface area contributed by atoms with Crippen LogP contribution in [0.3, 0.4) is 0 Å². The molecule has 9 heteroatoms. The number of aromatic nitrogens is 1. The number of carbonyl (C=O) groups excluding carboxylic acids is 1. The van der Waals surface area contributed by atoms with Crippen LogP contribution < -0.4 is 14.8 Å². The van der Waals surface area contributed by atoms with Crippen LogP contribution in [-0.2, 0) is 23.9 Å². The standard InChI is InChI=1S/C21H19F3N2O3S/c1-28-17-7-6-14(9-18(17)29-2)20-26-16(12-30-20)10-19(27)25-11-13-4-3-5-15(8-13)21(22,23)24/h3-9,12H,10-11H2,1-2H3,(H,25,27). The Morgan fingerprint density at radius 2 is 1.87 bits per heavy atom. The molecule has 0 bridgehead atoms. The number of thiazole rings is 1. The number of carbonyl (C=O) groups is 1. The number of rotatable bonds is 7. The molecule has 30 heavy (non-hydrogen) atoms.